The van der Waals surface area contributed by atoms with Gasteiger partial charge < -0.3 is 5.32 Å². The number of benzene rings is 1. The topological polar surface area (TPSA) is 76.9 Å². The SMILES string of the molecule is Cc1ccc(NC(=O)C(C)n2nc(-c3ccncc3)ccc2=O)c(C)c1. The molecule has 0 aliphatic rings. The van der Waals surface area contributed by atoms with Gasteiger partial charge >= 0.3 is 0 Å². The van der Waals surface area contributed by atoms with E-state index in [9.17, 15) is 9.59 Å². The number of nitrogens with one attached hydrogen (secondary N) is 1. The van der Waals surface area contributed by atoms with Gasteiger partial charge in [0.1, 0.15) is 6.04 Å². The second-order valence-corrected chi connectivity index (χ2v) is 6.22. The monoisotopic (exact) mass is 348 g/mol. The molecule has 3 rings (SSSR count). The van der Waals surface area contributed by atoms with E-state index >= 15 is 0 Å². The molecule has 6 heteroatoms. The highest BCUT2D eigenvalue weighted by molar-refractivity contribution is 5.94. The summed E-state index contributed by atoms with van der Waals surface area (Å²) in [5, 5.41) is 7.23. The van der Waals surface area contributed by atoms with Gasteiger partial charge in [-0.25, -0.2) is 4.68 Å². The molecule has 0 fully saturated rings. The fourth-order valence-electron chi connectivity index (χ4n) is 2.68. The number of carbonyl (C=O) groups is 1. The van der Waals surface area contributed by atoms with Crippen LogP contribution in [0.2, 0.25) is 0 Å². The molecule has 0 aliphatic carbocycles. The molecule has 0 radical (unpaired) electrons. The standard InChI is InChI=1S/C20H20N4O2/c1-13-4-5-17(14(2)12-13)22-20(26)15(3)24-19(25)7-6-18(23-24)16-8-10-21-11-9-16/h4-12,15H,1-3H3,(H,22,26). The smallest absolute Gasteiger partial charge is 0.267 e. The van der Waals surface area contributed by atoms with E-state index in [-0.39, 0.29) is 11.5 Å². The van der Waals surface area contributed by atoms with Crippen LogP contribution in [0.3, 0.4) is 0 Å². The molecule has 0 spiro atoms. The van der Waals surface area contributed by atoms with Gasteiger partial charge in [0, 0.05) is 29.7 Å². The first-order chi connectivity index (χ1) is 12.5. The minimum Gasteiger partial charge on any atom is -0.324 e. The second-order valence-electron chi connectivity index (χ2n) is 6.22. The van der Waals surface area contributed by atoms with Gasteiger partial charge in [-0.1, -0.05) is 17.7 Å². The fraction of sp³-hybridized carbons (Fsp3) is 0.200. The molecule has 1 amide bonds. The molecule has 1 N–H and O–H groups in total. The number of amides is 1. The van der Waals surface area contributed by atoms with Gasteiger partial charge in [-0.15, -0.1) is 0 Å². The lowest BCUT2D eigenvalue weighted by Crippen LogP contribution is -2.33. The van der Waals surface area contributed by atoms with Crippen LogP contribution in [0.25, 0.3) is 11.3 Å². The zero-order valence-electron chi connectivity index (χ0n) is 14.9. The van der Waals surface area contributed by atoms with E-state index in [1.165, 1.54) is 10.7 Å². The van der Waals surface area contributed by atoms with Crippen LogP contribution in [0, 0.1) is 13.8 Å². The number of anilines is 1. The number of aryl methyl sites for hydroxylation is 2. The van der Waals surface area contributed by atoms with Crippen molar-refractivity contribution in [1.82, 2.24) is 14.8 Å². The molecular weight excluding hydrogens is 328 g/mol. The molecule has 2 aromatic heterocycles. The van der Waals surface area contributed by atoms with Crippen LogP contribution in [0.15, 0.2) is 59.7 Å². The van der Waals surface area contributed by atoms with Crippen LogP contribution in [-0.4, -0.2) is 20.7 Å². The molecule has 0 saturated carbocycles. The van der Waals surface area contributed by atoms with Crippen molar-refractivity contribution in [3.8, 4) is 11.3 Å². The third-order valence-electron chi connectivity index (χ3n) is 4.19. The fourth-order valence-corrected chi connectivity index (χ4v) is 2.68. The van der Waals surface area contributed by atoms with E-state index in [1.54, 1.807) is 37.5 Å². The number of rotatable bonds is 4. The minimum absolute atomic E-state index is 0.293. The third-order valence-corrected chi connectivity index (χ3v) is 4.19. The maximum Gasteiger partial charge on any atom is 0.267 e. The van der Waals surface area contributed by atoms with E-state index in [4.69, 9.17) is 0 Å². The number of carbonyl (C=O) groups excluding carboxylic acids is 1. The summed E-state index contributed by atoms with van der Waals surface area (Å²) < 4.78 is 1.20. The number of hydrogen-bond acceptors (Lipinski definition) is 4. The van der Waals surface area contributed by atoms with E-state index in [1.807, 2.05) is 32.0 Å². The quantitative estimate of drug-likeness (QED) is 0.786. The van der Waals surface area contributed by atoms with Gasteiger partial charge in [0.15, 0.2) is 0 Å². The highest BCUT2D eigenvalue weighted by Crippen LogP contribution is 2.18. The molecule has 1 atom stereocenters. The zero-order chi connectivity index (χ0) is 18.7. The molecule has 0 aliphatic heterocycles. The molecule has 0 saturated heterocycles. The van der Waals surface area contributed by atoms with E-state index in [0.717, 1.165) is 22.4 Å². The maximum atomic E-state index is 12.6. The molecule has 2 heterocycles. The Balaban J connectivity index is 1.88. The molecule has 1 aromatic carbocycles. The van der Waals surface area contributed by atoms with Crippen LogP contribution in [0.1, 0.15) is 24.1 Å². The van der Waals surface area contributed by atoms with E-state index in [0.29, 0.717) is 5.69 Å². The van der Waals surface area contributed by atoms with Gasteiger partial charge in [0.2, 0.25) is 5.91 Å². The molecule has 26 heavy (non-hydrogen) atoms. The summed E-state index contributed by atoms with van der Waals surface area (Å²) in [5.74, 6) is -0.293. The first-order valence-corrected chi connectivity index (χ1v) is 8.34. The van der Waals surface area contributed by atoms with Crippen molar-refractivity contribution >= 4 is 11.6 Å². The van der Waals surface area contributed by atoms with Crippen molar-refractivity contribution in [3.63, 3.8) is 0 Å². The van der Waals surface area contributed by atoms with Crippen molar-refractivity contribution < 1.29 is 4.79 Å². The van der Waals surface area contributed by atoms with Crippen molar-refractivity contribution in [2.45, 2.75) is 26.8 Å². The van der Waals surface area contributed by atoms with Gasteiger partial charge in [-0.3, -0.25) is 14.6 Å². The lowest BCUT2D eigenvalue weighted by Gasteiger charge is -2.16. The predicted octanol–water partition coefficient (Wildman–Crippen LogP) is 3.12. The Bertz CT molecular complexity index is 996. The number of nitrogens with zero attached hydrogens (tertiary/aromatic N) is 3. The molecule has 0 bridgehead atoms. The zero-order valence-corrected chi connectivity index (χ0v) is 14.9. The average molecular weight is 348 g/mol. The lowest BCUT2D eigenvalue weighted by molar-refractivity contribution is -0.119. The van der Waals surface area contributed by atoms with E-state index < -0.39 is 6.04 Å². The first kappa shape index (κ1) is 17.5. The van der Waals surface area contributed by atoms with Crippen molar-refractivity contribution in [2.24, 2.45) is 0 Å². The van der Waals surface area contributed by atoms with E-state index in [2.05, 4.69) is 15.4 Å². The Hall–Kier alpha value is -3.28. The summed E-state index contributed by atoms with van der Waals surface area (Å²) >= 11 is 0. The predicted molar refractivity (Wildman–Crippen MR) is 101 cm³/mol. The molecule has 3 aromatic rings. The van der Waals surface area contributed by atoms with Crippen molar-refractivity contribution in [1.29, 1.82) is 0 Å². The Labute approximate surface area is 151 Å². The van der Waals surface area contributed by atoms with Crippen LogP contribution in [-0.2, 0) is 4.79 Å². The molecular formula is C20H20N4O2. The Kier molecular flexibility index (Phi) is 4.93. The summed E-state index contributed by atoms with van der Waals surface area (Å²) in [7, 11) is 0. The highest BCUT2D eigenvalue weighted by Gasteiger charge is 2.19. The van der Waals surface area contributed by atoms with Crippen molar-refractivity contribution in [3.05, 3.63) is 76.3 Å². The highest BCUT2D eigenvalue weighted by atomic mass is 16.2. The first-order valence-electron chi connectivity index (χ1n) is 8.34. The van der Waals surface area contributed by atoms with Gasteiger partial charge in [-0.2, -0.15) is 5.10 Å². The summed E-state index contributed by atoms with van der Waals surface area (Å²) in [6.45, 7) is 5.58. The molecule has 6 nitrogen and oxygen atoms in total. The largest absolute Gasteiger partial charge is 0.324 e. The number of pyridine rings is 1. The van der Waals surface area contributed by atoms with Crippen LogP contribution < -0.4 is 10.9 Å². The summed E-state index contributed by atoms with van der Waals surface area (Å²) in [6, 6.07) is 11.7. The average Bonchev–Trinajstić information content (AvgIpc) is 2.64. The third kappa shape index (κ3) is 3.69. The Morgan fingerprint density at radius 3 is 2.50 bits per heavy atom. The van der Waals surface area contributed by atoms with Gasteiger partial charge in [0.05, 0.1) is 5.69 Å². The number of aromatic nitrogens is 3. The lowest BCUT2D eigenvalue weighted by atomic mass is 10.1. The number of hydrogen-bond donors (Lipinski definition) is 1. The van der Waals surface area contributed by atoms with Gasteiger partial charge in [-0.05, 0) is 50.6 Å². The summed E-state index contributed by atoms with van der Waals surface area (Å²) in [6.07, 6.45) is 3.31. The Morgan fingerprint density at radius 1 is 1.08 bits per heavy atom. The van der Waals surface area contributed by atoms with Crippen LogP contribution in [0.4, 0.5) is 5.69 Å². The van der Waals surface area contributed by atoms with Crippen LogP contribution in [0.5, 0.6) is 0 Å². The summed E-state index contributed by atoms with van der Waals surface area (Å²) in [5.41, 5.74) is 3.93. The molecule has 1 unspecified atom stereocenters. The minimum atomic E-state index is -0.745. The van der Waals surface area contributed by atoms with Gasteiger partial charge in [0.25, 0.3) is 5.56 Å². The summed E-state index contributed by atoms with van der Waals surface area (Å²) in [4.78, 5) is 28.8. The maximum absolute atomic E-state index is 12.6. The van der Waals surface area contributed by atoms with Crippen molar-refractivity contribution in [2.75, 3.05) is 5.32 Å². The molecule has 132 valence electrons. The normalized spacial score (nSPS) is 11.8. The second kappa shape index (κ2) is 7.31. The van der Waals surface area contributed by atoms with Crippen LogP contribution >= 0.6 is 0 Å². The Morgan fingerprint density at radius 2 is 1.81 bits per heavy atom.